The first-order chi connectivity index (χ1) is 14.9. The van der Waals surface area contributed by atoms with Gasteiger partial charge in [-0.15, -0.1) is 0 Å². The Labute approximate surface area is 183 Å². The normalized spacial score (nSPS) is 16.7. The predicted molar refractivity (Wildman–Crippen MR) is 122 cm³/mol. The number of methoxy groups -OCH3 is 1. The third kappa shape index (κ3) is 4.80. The summed E-state index contributed by atoms with van der Waals surface area (Å²) in [4.78, 5) is 12.1. The Balaban J connectivity index is 1.65. The highest BCUT2D eigenvalue weighted by Crippen LogP contribution is 2.25. The fraction of sp³-hybridized carbons (Fsp3) is 0.522. The number of anilines is 1. The van der Waals surface area contributed by atoms with Crippen LogP contribution in [0.4, 0.5) is 5.95 Å². The summed E-state index contributed by atoms with van der Waals surface area (Å²) in [6, 6.07) is 8.41. The Bertz CT molecular complexity index is 1020. The number of nitrogens with zero attached hydrogens (tertiary/aromatic N) is 5. The number of ether oxygens (including phenoxy) is 1. The van der Waals surface area contributed by atoms with Gasteiger partial charge in [0.05, 0.1) is 25.9 Å². The Kier molecular flexibility index (Phi) is 6.38. The van der Waals surface area contributed by atoms with E-state index < -0.39 is 0 Å². The van der Waals surface area contributed by atoms with Crippen molar-refractivity contribution >= 4 is 11.6 Å². The lowest BCUT2D eigenvalue weighted by Crippen LogP contribution is -2.39. The fourth-order valence-corrected chi connectivity index (χ4v) is 4.01. The van der Waals surface area contributed by atoms with Crippen LogP contribution in [-0.2, 0) is 6.54 Å². The number of benzene rings is 1. The molecule has 1 aromatic carbocycles. The molecule has 1 atom stereocenters. The van der Waals surface area contributed by atoms with Crippen molar-refractivity contribution in [2.45, 2.75) is 58.2 Å². The van der Waals surface area contributed by atoms with E-state index in [0.717, 1.165) is 54.3 Å². The van der Waals surface area contributed by atoms with Gasteiger partial charge in [-0.3, -0.25) is 4.90 Å². The number of likely N-dealkylation sites (tertiary alicyclic amines) is 1. The topological polar surface area (TPSA) is 93.6 Å². The number of aromatic nitrogens is 4. The lowest BCUT2D eigenvalue weighted by molar-refractivity contribution is 0.201. The Morgan fingerprint density at radius 1 is 1.19 bits per heavy atom. The standard InChI is InChI=1S/C23H33N7O/c1-15(2)20-13-25-30-22(20)27-21(14-29-10-8-18(24)9-11-29)28-23(30)26-16(3)17-6-5-7-19(12-17)31-4/h5-7,12-13,15-16,18H,8-11,14,24H2,1-4H3,(H,26,27,28)/t16-/m0/s1. The lowest BCUT2D eigenvalue weighted by Gasteiger charge is -2.29. The van der Waals surface area contributed by atoms with Gasteiger partial charge in [0.1, 0.15) is 11.6 Å². The molecule has 8 nitrogen and oxygen atoms in total. The maximum Gasteiger partial charge on any atom is 0.228 e. The second-order valence-corrected chi connectivity index (χ2v) is 8.71. The first kappa shape index (κ1) is 21.5. The molecule has 0 saturated carbocycles. The minimum atomic E-state index is 0.0285. The van der Waals surface area contributed by atoms with E-state index in [2.05, 4.69) is 42.2 Å². The van der Waals surface area contributed by atoms with E-state index in [1.807, 2.05) is 28.9 Å². The summed E-state index contributed by atoms with van der Waals surface area (Å²) < 4.78 is 7.20. The van der Waals surface area contributed by atoms with E-state index in [0.29, 0.717) is 24.5 Å². The number of fused-ring (bicyclic) bond motifs is 1. The smallest absolute Gasteiger partial charge is 0.228 e. The molecule has 0 spiro atoms. The Hall–Kier alpha value is -2.71. The molecule has 1 aliphatic heterocycles. The van der Waals surface area contributed by atoms with Crippen molar-refractivity contribution < 1.29 is 4.74 Å². The van der Waals surface area contributed by atoms with Crippen molar-refractivity contribution in [1.29, 1.82) is 0 Å². The number of hydrogen-bond acceptors (Lipinski definition) is 7. The number of hydrogen-bond donors (Lipinski definition) is 2. The van der Waals surface area contributed by atoms with Crippen LogP contribution in [-0.4, -0.2) is 50.7 Å². The van der Waals surface area contributed by atoms with Crippen molar-refractivity contribution in [3.63, 3.8) is 0 Å². The van der Waals surface area contributed by atoms with Crippen molar-refractivity contribution in [1.82, 2.24) is 24.5 Å². The van der Waals surface area contributed by atoms with Gasteiger partial charge in [0.15, 0.2) is 5.65 Å². The molecule has 3 heterocycles. The summed E-state index contributed by atoms with van der Waals surface area (Å²) in [7, 11) is 1.68. The van der Waals surface area contributed by atoms with Gasteiger partial charge in [-0.1, -0.05) is 26.0 Å². The van der Waals surface area contributed by atoms with Crippen LogP contribution in [0.3, 0.4) is 0 Å². The van der Waals surface area contributed by atoms with Crippen LogP contribution in [0.25, 0.3) is 5.65 Å². The number of nitrogens with two attached hydrogens (primary N) is 1. The van der Waals surface area contributed by atoms with Crippen LogP contribution in [0.1, 0.15) is 62.5 Å². The fourth-order valence-electron chi connectivity index (χ4n) is 4.01. The SMILES string of the molecule is COc1cccc([C@H](C)Nc2nc(CN3CCC(N)CC3)nc3c(C(C)C)cnn23)c1. The van der Waals surface area contributed by atoms with Gasteiger partial charge in [0, 0.05) is 24.7 Å². The third-order valence-corrected chi connectivity index (χ3v) is 6.00. The van der Waals surface area contributed by atoms with E-state index in [1.54, 1.807) is 7.11 Å². The van der Waals surface area contributed by atoms with Crippen molar-refractivity contribution in [2.75, 3.05) is 25.5 Å². The maximum atomic E-state index is 6.07. The summed E-state index contributed by atoms with van der Waals surface area (Å²) in [6.45, 7) is 9.12. The molecular weight excluding hydrogens is 390 g/mol. The summed E-state index contributed by atoms with van der Waals surface area (Å²) in [5.74, 6) is 2.68. The molecule has 1 fully saturated rings. The molecule has 1 saturated heterocycles. The quantitative estimate of drug-likeness (QED) is 0.602. The number of rotatable bonds is 7. The van der Waals surface area contributed by atoms with E-state index in [9.17, 15) is 0 Å². The monoisotopic (exact) mass is 423 g/mol. The van der Waals surface area contributed by atoms with Crippen LogP contribution in [0, 0.1) is 0 Å². The van der Waals surface area contributed by atoms with Gasteiger partial charge in [0.2, 0.25) is 5.95 Å². The van der Waals surface area contributed by atoms with Gasteiger partial charge in [-0.2, -0.15) is 14.6 Å². The minimum Gasteiger partial charge on any atom is -0.497 e. The third-order valence-electron chi connectivity index (χ3n) is 6.00. The Morgan fingerprint density at radius 3 is 2.68 bits per heavy atom. The molecule has 4 rings (SSSR count). The maximum absolute atomic E-state index is 6.07. The number of piperidine rings is 1. The average Bonchev–Trinajstić information content (AvgIpc) is 3.20. The van der Waals surface area contributed by atoms with Gasteiger partial charge in [-0.25, -0.2) is 4.98 Å². The zero-order valence-corrected chi connectivity index (χ0v) is 18.9. The molecule has 0 bridgehead atoms. The first-order valence-corrected chi connectivity index (χ1v) is 11.1. The molecule has 1 aliphatic rings. The van der Waals surface area contributed by atoms with Gasteiger partial charge in [-0.05, 0) is 43.4 Å². The van der Waals surface area contributed by atoms with Gasteiger partial charge in [0.25, 0.3) is 0 Å². The molecule has 2 aromatic heterocycles. The van der Waals surface area contributed by atoms with Crippen LogP contribution in [0.15, 0.2) is 30.5 Å². The van der Waals surface area contributed by atoms with Crippen LogP contribution in [0.5, 0.6) is 5.75 Å². The highest BCUT2D eigenvalue weighted by molar-refractivity contribution is 5.52. The van der Waals surface area contributed by atoms with Crippen molar-refractivity contribution in [2.24, 2.45) is 5.73 Å². The summed E-state index contributed by atoms with van der Waals surface area (Å²) in [5, 5.41) is 8.14. The van der Waals surface area contributed by atoms with Crippen molar-refractivity contribution in [3.8, 4) is 5.75 Å². The predicted octanol–water partition coefficient (Wildman–Crippen LogP) is 3.35. The Morgan fingerprint density at radius 2 is 1.97 bits per heavy atom. The summed E-state index contributed by atoms with van der Waals surface area (Å²) in [6.07, 6.45) is 3.94. The largest absolute Gasteiger partial charge is 0.497 e. The molecule has 3 N–H and O–H groups in total. The van der Waals surface area contributed by atoms with E-state index in [-0.39, 0.29) is 6.04 Å². The second-order valence-electron chi connectivity index (χ2n) is 8.71. The molecule has 166 valence electrons. The summed E-state index contributed by atoms with van der Waals surface area (Å²) in [5.41, 5.74) is 9.19. The number of nitrogens with one attached hydrogen (secondary N) is 1. The first-order valence-electron chi connectivity index (χ1n) is 11.1. The molecule has 8 heteroatoms. The summed E-state index contributed by atoms with van der Waals surface area (Å²) >= 11 is 0. The molecule has 0 radical (unpaired) electrons. The van der Waals surface area contributed by atoms with Crippen molar-refractivity contribution in [3.05, 3.63) is 47.4 Å². The molecule has 0 aliphatic carbocycles. The highest BCUT2D eigenvalue weighted by atomic mass is 16.5. The second kappa shape index (κ2) is 9.20. The lowest BCUT2D eigenvalue weighted by atomic mass is 10.1. The van der Waals surface area contributed by atoms with Gasteiger partial charge < -0.3 is 15.8 Å². The van der Waals surface area contributed by atoms with Crippen LogP contribution < -0.4 is 15.8 Å². The van der Waals surface area contributed by atoms with E-state index in [4.69, 9.17) is 20.4 Å². The average molecular weight is 424 g/mol. The highest BCUT2D eigenvalue weighted by Gasteiger charge is 2.21. The van der Waals surface area contributed by atoms with E-state index >= 15 is 0 Å². The van der Waals surface area contributed by atoms with Gasteiger partial charge >= 0.3 is 0 Å². The molecule has 0 amide bonds. The zero-order valence-electron chi connectivity index (χ0n) is 18.9. The van der Waals surface area contributed by atoms with E-state index in [1.165, 1.54) is 0 Å². The molecule has 3 aromatic rings. The van der Waals surface area contributed by atoms with Crippen LogP contribution >= 0.6 is 0 Å². The molecule has 0 unspecified atom stereocenters. The minimum absolute atomic E-state index is 0.0285. The molecular formula is C23H33N7O. The zero-order chi connectivity index (χ0) is 22.0. The van der Waals surface area contributed by atoms with Crippen LogP contribution in [0.2, 0.25) is 0 Å². The molecule has 31 heavy (non-hydrogen) atoms.